The van der Waals surface area contributed by atoms with Crippen LogP contribution in [0.4, 0.5) is 5.82 Å². The number of nitrogen functional groups attached to an aromatic ring is 1. The van der Waals surface area contributed by atoms with Gasteiger partial charge in [-0.3, -0.25) is 0 Å². The zero-order chi connectivity index (χ0) is 9.26. The normalized spacial score (nSPS) is 10.2. The molecule has 2 heterocycles. The fourth-order valence-electron chi connectivity index (χ4n) is 0.854. The van der Waals surface area contributed by atoms with Crippen molar-refractivity contribution in [2.45, 2.75) is 0 Å². The first-order valence-electron chi connectivity index (χ1n) is 3.46. The molecule has 2 aromatic rings. The van der Waals surface area contributed by atoms with Crippen LogP contribution in [0.1, 0.15) is 0 Å². The van der Waals surface area contributed by atoms with Gasteiger partial charge in [-0.2, -0.15) is 0 Å². The van der Waals surface area contributed by atoms with Crippen molar-refractivity contribution in [1.82, 2.24) is 15.2 Å². The molecule has 0 amide bonds. The molecule has 0 bridgehead atoms. The van der Waals surface area contributed by atoms with Crippen molar-refractivity contribution in [3.05, 3.63) is 21.3 Å². The van der Waals surface area contributed by atoms with Gasteiger partial charge < -0.3 is 5.73 Å². The van der Waals surface area contributed by atoms with E-state index in [1.807, 2.05) is 6.07 Å². The molecule has 0 saturated heterocycles. The number of nitrogens with two attached hydrogens (primary N) is 1. The molecular weight excluding hydrogens is 299 g/mol. The number of anilines is 1. The number of hydrogen-bond donors (Lipinski definition) is 1. The van der Waals surface area contributed by atoms with Gasteiger partial charge in [-0.05, 0) is 34.7 Å². The molecule has 2 rings (SSSR count). The van der Waals surface area contributed by atoms with Crippen molar-refractivity contribution >= 4 is 39.7 Å². The van der Waals surface area contributed by atoms with E-state index < -0.39 is 0 Å². The van der Waals surface area contributed by atoms with E-state index in [2.05, 4.69) is 37.8 Å². The fourth-order valence-corrected chi connectivity index (χ4v) is 2.15. The standard InChI is InChI=1S/C7H5IN4S/c8-7-12-11-6(13-7)4-1-2-5(9)10-3-4/h1-3H,(H2,9,10). The van der Waals surface area contributed by atoms with E-state index in [1.165, 1.54) is 11.3 Å². The lowest BCUT2D eigenvalue weighted by Gasteiger charge is -1.93. The van der Waals surface area contributed by atoms with Gasteiger partial charge in [-0.25, -0.2) is 4.98 Å². The van der Waals surface area contributed by atoms with Gasteiger partial charge in [0.15, 0.2) is 3.01 Å². The van der Waals surface area contributed by atoms with E-state index in [9.17, 15) is 0 Å². The molecule has 0 saturated carbocycles. The molecule has 0 unspecified atom stereocenters. The summed E-state index contributed by atoms with van der Waals surface area (Å²) in [4.78, 5) is 3.98. The molecule has 66 valence electrons. The van der Waals surface area contributed by atoms with Crippen molar-refractivity contribution in [3.63, 3.8) is 0 Å². The Balaban J connectivity index is 2.41. The molecule has 6 heteroatoms. The van der Waals surface area contributed by atoms with Crippen LogP contribution in [-0.4, -0.2) is 15.2 Å². The van der Waals surface area contributed by atoms with Gasteiger partial charge in [0.05, 0.1) is 0 Å². The summed E-state index contributed by atoms with van der Waals surface area (Å²) in [6.07, 6.45) is 1.70. The Hall–Kier alpha value is -0.760. The largest absolute Gasteiger partial charge is 0.384 e. The van der Waals surface area contributed by atoms with E-state index in [0.29, 0.717) is 5.82 Å². The van der Waals surface area contributed by atoms with Crippen LogP contribution in [0.3, 0.4) is 0 Å². The van der Waals surface area contributed by atoms with Crippen LogP contribution in [-0.2, 0) is 0 Å². The maximum atomic E-state index is 5.46. The van der Waals surface area contributed by atoms with Crippen LogP contribution in [0.5, 0.6) is 0 Å². The molecule has 0 spiro atoms. The molecule has 2 N–H and O–H groups in total. The quantitative estimate of drug-likeness (QED) is 0.816. The minimum Gasteiger partial charge on any atom is -0.384 e. The Labute approximate surface area is 92.4 Å². The highest BCUT2D eigenvalue weighted by molar-refractivity contribution is 14.1. The first-order valence-corrected chi connectivity index (χ1v) is 5.36. The van der Waals surface area contributed by atoms with E-state index in [0.717, 1.165) is 13.6 Å². The maximum absolute atomic E-state index is 5.46. The second-order valence-corrected chi connectivity index (χ2v) is 5.06. The van der Waals surface area contributed by atoms with Gasteiger partial charge in [0.2, 0.25) is 0 Å². The molecule has 0 aliphatic rings. The topological polar surface area (TPSA) is 64.7 Å². The van der Waals surface area contributed by atoms with Gasteiger partial charge >= 0.3 is 0 Å². The summed E-state index contributed by atoms with van der Waals surface area (Å²) in [5, 5.41) is 8.78. The molecule has 0 radical (unpaired) electrons. The Morgan fingerprint density at radius 2 is 2.15 bits per heavy atom. The molecule has 13 heavy (non-hydrogen) atoms. The first-order chi connectivity index (χ1) is 6.25. The molecule has 4 nitrogen and oxygen atoms in total. The van der Waals surface area contributed by atoms with E-state index >= 15 is 0 Å². The van der Waals surface area contributed by atoms with Gasteiger partial charge in [0.25, 0.3) is 0 Å². The lowest BCUT2D eigenvalue weighted by molar-refractivity contribution is 1.07. The summed E-state index contributed by atoms with van der Waals surface area (Å²) < 4.78 is 0.921. The van der Waals surface area contributed by atoms with Gasteiger partial charge in [0, 0.05) is 11.8 Å². The molecule has 2 aromatic heterocycles. The van der Waals surface area contributed by atoms with Crippen LogP contribution in [0.2, 0.25) is 0 Å². The monoisotopic (exact) mass is 304 g/mol. The van der Waals surface area contributed by atoms with Crippen LogP contribution < -0.4 is 5.73 Å². The highest BCUT2D eigenvalue weighted by Crippen LogP contribution is 2.23. The summed E-state index contributed by atoms with van der Waals surface area (Å²) >= 11 is 3.66. The molecule has 0 atom stereocenters. The zero-order valence-corrected chi connectivity index (χ0v) is 9.41. The predicted molar refractivity (Wildman–Crippen MR) is 60.3 cm³/mol. The Morgan fingerprint density at radius 1 is 1.31 bits per heavy atom. The molecule has 0 aromatic carbocycles. The summed E-state index contributed by atoms with van der Waals surface area (Å²) in [5.41, 5.74) is 6.42. The minimum atomic E-state index is 0.517. The Morgan fingerprint density at radius 3 is 2.69 bits per heavy atom. The average molecular weight is 304 g/mol. The maximum Gasteiger partial charge on any atom is 0.178 e. The van der Waals surface area contributed by atoms with Crippen molar-refractivity contribution < 1.29 is 0 Å². The van der Waals surface area contributed by atoms with Gasteiger partial charge in [-0.15, -0.1) is 10.2 Å². The van der Waals surface area contributed by atoms with Crippen LogP contribution >= 0.6 is 33.9 Å². The molecular formula is C7H5IN4S. The van der Waals surface area contributed by atoms with Crippen molar-refractivity contribution in [2.75, 3.05) is 5.73 Å². The van der Waals surface area contributed by atoms with Crippen molar-refractivity contribution in [3.8, 4) is 10.6 Å². The molecule has 0 aliphatic heterocycles. The van der Waals surface area contributed by atoms with Crippen molar-refractivity contribution in [1.29, 1.82) is 0 Å². The van der Waals surface area contributed by atoms with Gasteiger partial charge in [-0.1, -0.05) is 11.3 Å². The summed E-state index contributed by atoms with van der Waals surface area (Å²) in [6.45, 7) is 0. The highest BCUT2D eigenvalue weighted by atomic mass is 127. The lowest BCUT2D eigenvalue weighted by atomic mass is 10.3. The second kappa shape index (κ2) is 3.54. The highest BCUT2D eigenvalue weighted by Gasteiger charge is 2.03. The van der Waals surface area contributed by atoms with Crippen LogP contribution in [0.15, 0.2) is 18.3 Å². The minimum absolute atomic E-state index is 0.517. The van der Waals surface area contributed by atoms with E-state index in [-0.39, 0.29) is 0 Å². The average Bonchev–Trinajstić information content (AvgIpc) is 2.53. The second-order valence-electron chi connectivity index (χ2n) is 2.33. The smallest absolute Gasteiger partial charge is 0.178 e. The number of halogens is 1. The number of aromatic nitrogens is 3. The van der Waals surface area contributed by atoms with Crippen molar-refractivity contribution in [2.24, 2.45) is 0 Å². The SMILES string of the molecule is Nc1ccc(-c2nnc(I)s2)cn1. The number of rotatable bonds is 1. The zero-order valence-electron chi connectivity index (χ0n) is 6.44. The summed E-state index contributed by atoms with van der Waals surface area (Å²) in [6, 6.07) is 3.64. The van der Waals surface area contributed by atoms with E-state index in [4.69, 9.17) is 5.73 Å². The predicted octanol–water partition coefficient (Wildman–Crippen LogP) is 1.79. The molecule has 0 aliphatic carbocycles. The lowest BCUT2D eigenvalue weighted by Crippen LogP contribution is -1.88. The van der Waals surface area contributed by atoms with Crippen LogP contribution in [0.25, 0.3) is 10.6 Å². The number of nitrogens with zero attached hydrogens (tertiary/aromatic N) is 3. The summed E-state index contributed by atoms with van der Waals surface area (Å²) in [7, 11) is 0. The number of pyridine rings is 1. The molecule has 0 fully saturated rings. The first kappa shape index (κ1) is 8.82. The Kier molecular flexibility index (Phi) is 2.40. The summed E-state index contributed by atoms with van der Waals surface area (Å²) in [5.74, 6) is 0.517. The van der Waals surface area contributed by atoms with E-state index in [1.54, 1.807) is 12.3 Å². The number of hydrogen-bond acceptors (Lipinski definition) is 5. The van der Waals surface area contributed by atoms with Gasteiger partial charge in [0.1, 0.15) is 10.8 Å². The Bertz CT molecular complexity index is 411. The fraction of sp³-hybridized carbons (Fsp3) is 0. The third-order valence-electron chi connectivity index (χ3n) is 1.43. The van der Waals surface area contributed by atoms with Crippen LogP contribution in [0, 0.1) is 3.01 Å². The third-order valence-corrected chi connectivity index (χ3v) is 3.07. The third kappa shape index (κ3) is 1.94.